The zero-order chi connectivity index (χ0) is 22.3. The van der Waals surface area contributed by atoms with Crippen LogP contribution < -0.4 is 11.1 Å². The minimum absolute atomic E-state index is 0.0584. The molecule has 3 aromatic carbocycles. The fraction of sp³-hybridized carbons (Fsp3) is 0.0385. The van der Waals surface area contributed by atoms with E-state index < -0.39 is 17.1 Å². The molecule has 1 atom stereocenters. The van der Waals surface area contributed by atoms with E-state index in [0.717, 1.165) is 0 Å². The Morgan fingerprint density at radius 1 is 0.938 bits per heavy atom. The molecular weight excluding hydrogens is 402 g/mol. The number of Topliss-reactive ketones (excluding diaryl/α,β-unsaturated/α-hetero) is 1. The second-order valence-corrected chi connectivity index (χ2v) is 7.47. The highest BCUT2D eigenvalue weighted by molar-refractivity contribution is 6.25. The lowest BCUT2D eigenvalue weighted by Crippen LogP contribution is -2.45. The van der Waals surface area contributed by atoms with Crippen molar-refractivity contribution in [1.82, 2.24) is 0 Å². The number of hydrogen-bond acceptors (Lipinski definition) is 5. The average Bonchev–Trinajstić information content (AvgIpc) is 3.12. The molecule has 0 aromatic heterocycles. The van der Waals surface area contributed by atoms with Gasteiger partial charge in [0.25, 0.3) is 0 Å². The van der Waals surface area contributed by atoms with Crippen LogP contribution >= 0.6 is 0 Å². The van der Waals surface area contributed by atoms with E-state index >= 15 is 0 Å². The van der Waals surface area contributed by atoms with Crippen molar-refractivity contribution in [2.75, 3.05) is 5.32 Å². The van der Waals surface area contributed by atoms with Crippen LogP contribution in [-0.2, 0) is 14.9 Å². The lowest BCUT2D eigenvalue weighted by atomic mass is 9.66. The Morgan fingerprint density at radius 3 is 2.25 bits per heavy atom. The standard InChI is InChI=1S/C26H17N3O3/c27-15-19-24(28)32-23(17-11-5-2-6-12-17)21(22(30)16-9-3-1-4-10-16)26(19)18-13-7-8-14-20(18)29-25(26)31/h1-14H,28H2,(H,29,31)/t26-/m1/s1. The zero-order valence-electron chi connectivity index (χ0n) is 16.8. The molecule has 6 nitrogen and oxygen atoms in total. The molecule has 154 valence electrons. The third kappa shape index (κ3) is 2.58. The first-order valence-electron chi connectivity index (χ1n) is 9.98. The van der Waals surface area contributed by atoms with Crippen LogP contribution in [0.1, 0.15) is 21.5 Å². The van der Waals surface area contributed by atoms with Crippen LogP contribution in [0.4, 0.5) is 5.69 Å². The largest absolute Gasteiger partial charge is 0.439 e. The first kappa shape index (κ1) is 19.3. The molecule has 0 saturated heterocycles. The third-order valence-electron chi connectivity index (χ3n) is 5.77. The number of nitrogens with zero attached hydrogens (tertiary/aromatic N) is 1. The average molecular weight is 419 g/mol. The van der Waals surface area contributed by atoms with Gasteiger partial charge >= 0.3 is 0 Å². The van der Waals surface area contributed by atoms with Gasteiger partial charge in [0.05, 0.1) is 5.57 Å². The molecule has 0 aliphatic carbocycles. The quantitative estimate of drug-likeness (QED) is 0.627. The topological polar surface area (TPSA) is 105 Å². The summed E-state index contributed by atoms with van der Waals surface area (Å²) in [6, 6.07) is 26.6. The van der Waals surface area contributed by atoms with Gasteiger partial charge in [0.1, 0.15) is 22.8 Å². The van der Waals surface area contributed by atoms with Gasteiger partial charge < -0.3 is 15.8 Å². The molecule has 0 saturated carbocycles. The van der Waals surface area contributed by atoms with Crippen molar-refractivity contribution in [2.24, 2.45) is 5.73 Å². The van der Waals surface area contributed by atoms with Gasteiger partial charge in [-0.3, -0.25) is 9.59 Å². The summed E-state index contributed by atoms with van der Waals surface area (Å²) in [6.45, 7) is 0. The van der Waals surface area contributed by atoms with Crippen LogP contribution in [0.5, 0.6) is 0 Å². The molecule has 0 bridgehead atoms. The van der Waals surface area contributed by atoms with E-state index in [1.54, 1.807) is 78.9 Å². The van der Waals surface area contributed by atoms with Crippen molar-refractivity contribution in [1.29, 1.82) is 5.26 Å². The minimum atomic E-state index is -1.73. The van der Waals surface area contributed by atoms with Gasteiger partial charge in [0.2, 0.25) is 11.8 Å². The second kappa shape index (κ2) is 7.25. The minimum Gasteiger partial charge on any atom is -0.439 e. The molecular formula is C26H17N3O3. The van der Waals surface area contributed by atoms with Gasteiger partial charge in [-0.15, -0.1) is 0 Å². The summed E-state index contributed by atoms with van der Waals surface area (Å²) in [5, 5.41) is 12.9. The maximum absolute atomic E-state index is 14.0. The molecule has 3 N–H and O–H groups in total. The van der Waals surface area contributed by atoms with Gasteiger partial charge in [-0.25, -0.2) is 0 Å². The van der Waals surface area contributed by atoms with Crippen LogP contribution in [0.25, 0.3) is 5.76 Å². The van der Waals surface area contributed by atoms with Crippen LogP contribution in [0, 0.1) is 11.3 Å². The van der Waals surface area contributed by atoms with E-state index in [2.05, 4.69) is 5.32 Å². The number of fused-ring (bicyclic) bond motifs is 2. The van der Waals surface area contributed by atoms with Crippen molar-refractivity contribution in [3.63, 3.8) is 0 Å². The summed E-state index contributed by atoms with van der Waals surface area (Å²) in [7, 11) is 0. The SMILES string of the molecule is N#CC1=C(N)OC(c2ccccc2)=C(C(=O)c2ccccc2)[C@]12C(=O)Nc1ccccc12. The molecule has 1 spiro atoms. The smallest absolute Gasteiger partial charge is 0.245 e. The first-order valence-corrected chi connectivity index (χ1v) is 9.98. The molecule has 32 heavy (non-hydrogen) atoms. The predicted molar refractivity (Wildman–Crippen MR) is 119 cm³/mol. The maximum Gasteiger partial charge on any atom is 0.245 e. The molecule has 6 heteroatoms. The number of ether oxygens (including phenoxy) is 1. The summed E-state index contributed by atoms with van der Waals surface area (Å²) < 4.78 is 5.89. The second-order valence-electron chi connectivity index (χ2n) is 7.47. The number of nitrogens with two attached hydrogens (primary N) is 1. The van der Waals surface area contributed by atoms with Crippen LogP contribution in [-0.4, -0.2) is 11.7 Å². The van der Waals surface area contributed by atoms with Crippen LogP contribution in [0.2, 0.25) is 0 Å². The van der Waals surface area contributed by atoms with Crippen molar-refractivity contribution in [3.8, 4) is 6.07 Å². The number of anilines is 1. The number of ketones is 1. The number of carbonyl (C=O) groups is 2. The molecule has 3 aromatic rings. The molecule has 0 fully saturated rings. The van der Waals surface area contributed by atoms with E-state index in [9.17, 15) is 14.9 Å². The summed E-state index contributed by atoms with van der Waals surface area (Å²) >= 11 is 0. The predicted octanol–water partition coefficient (Wildman–Crippen LogP) is 3.89. The lowest BCUT2D eigenvalue weighted by Gasteiger charge is -2.35. The molecule has 0 radical (unpaired) electrons. The Hall–Kier alpha value is -4.63. The summed E-state index contributed by atoms with van der Waals surface area (Å²) in [6.07, 6.45) is 0. The van der Waals surface area contributed by atoms with Gasteiger partial charge in [0.15, 0.2) is 5.78 Å². The summed E-state index contributed by atoms with van der Waals surface area (Å²) in [5.74, 6) is -0.989. The molecule has 2 aliphatic rings. The molecule has 1 amide bonds. The van der Waals surface area contributed by atoms with Crippen molar-refractivity contribution in [2.45, 2.75) is 5.41 Å². The van der Waals surface area contributed by atoms with Crippen LogP contribution in [0.3, 0.4) is 0 Å². The number of carbonyl (C=O) groups excluding carboxylic acids is 2. The first-order chi connectivity index (χ1) is 15.6. The van der Waals surface area contributed by atoms with E-state index in [-0.39, 0.29) is 22.8 Å². The Morgan fingerprint density at radius 2 is 1.56 bits per heavy atom. The number of para-hydroxylation sites is 1. The summed E-state index contributed by atoms with van der Waals surface area (Å²) in [5.41, 5.74) is 6.37. The Kier molecular flexibility index (Phi) is 4.38. The van der Waals surface area contributed by atoms with Crippen LogP contribution in [0.15, 0.2) is 102 Å². The number of nitrogens with one attached hydrogen (secondary N) is 1. The Bertz CT molecular complexity index is 1370. The highest BCUT2D eigenvalue weighted by Crippen LogP contribution is 2.53. The van der Waals surface area contributed by atoms with Crippen molar-refractivity contribution in [3.05, 3.63) is 119 Å². The Labute approximate surface area is 184 Å². The normalized spacial score (nSPS) is 19.3. The third-order valence-corrected chi connectivity index (χ3v) is 5.77. The van der Waals surface area contributed by atoms with E-state index in [1.165, 1.54) is 0 Å². The van der Waals surface area contributed by atoms with Crippen molar-refractivity contribution >= 4 is 23.1 Å². The fourth-order valence-corrected chi connectivity index (χ4v) is 4.39. The molecule has 5 rings (SSSR count). The fourth-order valence-electron chi connectivity index (χ4n) is 4.39. The van der Waals surface area contributed by atoms with Crippen molar-refractivity contribution < 1.29 is 14.3 Å². The highest BCUT2D eigenvalue weighted by atomic mass is 16.5. The highest BCUT2D eigenvalue weighted by Gasteiger charge is 2.59. The summed E-state index contributed by atoms with van der Waals surface area (Å²) in [4.78, 5) is 27.6. The van der Waals surface area contributed by atoms with E-state index in [1.807, 2.05) is 12.1 Å². The Balaban J connectivity index is 1.92. The number of amides is 1. The molecule has 2 aliphatic heterocycles. The number of benzene rings is 3. The monoisotopic (exact) mass is 419 g/mol. The van der Waals surface area contributed by atoms with E-state index in [0.29, 0.717) is 22.4 Å². The lowest BCUT2D eigenvalue weighted by molar-refractivity contribution is -0.118. The van der Waals surface area contributed by atoms with Gasteiger partial charge in [-0.1, -0.05) is 78.9 Å². The van der Waals surface area contributed by atoms with Gasteiger partial charge in [0, 0.05) is 22.4 Å². The van der Waals surface area contributed by atoms with E-state index in [4.69, 9.17) is 10.5 Å². The van der Waals surface area contributed by atoms with Gasteiger partial charge in [-0.2, -0.15) is 5.26 Å². The zero-order valence-corrected chi connectivity index (χ0v) is 16.8. The molecule has 2 heterocycles. The van der Waals surface area contributed by atoms with Gasteiger partial charge in [-0.05, 0) is 6.07 Å². The number of nitriles is 1. The molecule has 0 unspecified atom stereocenters. The maximum atomic E-state index is 14.0. The number of hydrogen-bond donors (Lipinski definition) is 2. The number of rotatable bonds is 3.